The van der Waals surface area contributed by atoms with E-state index >= 15 is 0 Å². The van der Waals surface area contributed by atoms with E-state index in [1.54, 1.807) is 0 Å². The largest absolute Gasteiger partial charge is 0.393 e. The fraction of sp³-hybridized carbons (Fsp3) is 0.467. The number of fused-ring (bicyclic) bond motifs is 1. The minimum absolute atomic E-state index is 0.0868. The van der Waals surface area contributed by atoms with E-state index in [1.165, 1.54) is 21.2 Å². The van der Waals surface area contributed by atoms with Crippen molar-refractivity contribution in [2.24, 2.45) is 0 Å². The zero-order valence-electron chi connectivity index (χ0n) is 10.6. The summed E-state index contributed by atoms with van der Waals surface area (Å²) >= 11 is 3.71. The quantitative estimate of drug-likeness (QED) is 0.845. The van der Waals surface area contributed by atoms with Crippen molar-refractivity contribution in [3.05, 3.63) is 40.1 Å². The second kappa shape index (κ2) is 4.71. The second-order valence-corrected chi connectivity index (χ2v) is 6.08. The average molecular weight is 308 g/mol. The zero-order valence-corrected chi connectivity index (χ0v) is 12.2. The van der Waals surface area contributed by atoms with E-state index in [-0.39, 0.29) is 6.10 Å². The van der Waals surface area contributed by atoms with Crippen LogP contribution in [0.4, 0.5) is 0 Å². The maximum Gasteiger partial charge on any atom is 0.0597 e. The Morgan fingerprint density at radius 3 is 2.67 bits per heavy atom. The van der Waals surface area contributed by atoms with Crippen LogP contribution in [0.5, 0.6) is 0 Å². The molecule has 2 aromatic rings. The van der Waals surface area contributed by atoms with E-state index in [0.29, 0.717) is 5.92 Å². The van der Waals surface area contributed by atoms with E-state index in [9.17, 15) is 5.11 Å². The summed E-state index contributed by atoms with van der Waals surface area (Å²) in [6.45, 7) is 2.19. The van der Waals surface area contributed by atoms with Crippen LogP contribution in [0.25, 0.3) is 5.52 Å². The summed E-state index contributed by atoms with van der Waals surface area (Å²) in [5.74, 6) is 0.578. The van der Waals surface area contributed by atoms with Gasteiger partial charge in [0.05, 0.1) is 11.6 Å². The molecule has 0 unspecified atom stereocenters. The summed E-state index contributed by atoms with van der Waals surface area (Å²) < 4.78 is 3.52. The van der Waals surface area contributed by atoms with Crippen molar-refractivity contribution in [1.29, 1.82) is 0 Å². The summed E-state index contributed by atoms with van der Waals surface area (Å²) in [5.41, 5.74) is 4.02. The topological polar surface area (TPSA) is 24.6 Å². The first kappa shape index (κ1) is 12.2. The molecule has 2 aromatic heterocycles. The Kier molecular flexibility index (Phi) is 3.20. The molecule has 1 N–H and O–H groups in total. The van der Waals surface area contributed by atoms with Gasteiger partial charge in [0.15, 0.2) is 0 Å². The lowest BCUT2D eigenvalue weighted by atomic mass is 9.84. The van der Waals surface area contributed by atoms with Crippen molar-refractivity contribution in [1.82, 2.24) is 4.40 Å². The van der Waals surface area contributed by atoms with Crippen LogP contribution >= 0.6 is 15.9 Å². The minimum Gasteiger partial charge on any atom is -0.393 e. The molecule has 0 saturated heterocycles. The number of halogens is 1. The van der Waals surface area contributed by atoms with Crippen molar-refractivity contribution >= 4 is 21.4 Å². The predicted octanol–water partition coefficient (Wildman–Crippen LogP) is 4.03. The Morgan fingerprint density at radius 1 is 1.22 bits per heavy atom. The van der Waals surface area contributed by atoms with Gasteiger partial charge in [-0.05, 0) is 66.2 Å². The first-order valence-electron chi connectivity index (χ1n) is 6.61. The molecule has 3 heteroatoms. The fourth-order valence-electron chi connectivity index (χ4n) is 3.17. The predicted molar refractivity (Wildman–Crippen MR) is 77.0 cm³/mol. The molecule has 18 heavy (non-hydrogen) atoms. The molecule has 0 aromatic carbocycles. The van der Waals surface area contributed by atoms with Gasteiger partial charge in [0.2, 0.25) is 0 Å². The molecule has 2 nitrogen and oxygen atoms in total. The summed E-state index contributed by atoms with van der Waals surface area (Å²) in [4.78, 5) is 0. The lowest BCUT2D eigenvalue weighted by Gasteiger charge is -2.26. The van der Waals surface area contributed by atoms with E-state index in [1.807, 2.05) is 0 Å². The molecule has 0 bridgehead atoms. The lowest BCUT2D eigenvalue weighted by Crippen LogP contribution is -2.18. The molecule has 0 amide bonds. The number of pyridine rings is 1. The molecule has 96 valence electrons. The molecular weight excluding hydrogens is 290 g/mol. The van der Waals surface area contributed by atoms with E-state index < -0.39 is 0 Å². The second-order valence-electron chi connectivity index (χ2n) is 5.29. The molecule has 2 heterocycles. The lowest BCUT2D eigenvalue weighted by molar-refractivity contribution is 0.122. The van der Waals surface area contributed by atoms with Gasteiger partial charge in [0, 0.05) is 22.3 Å². The summed E-state index contributed by atoms with van der Waals surface area (Å²) in [6.07, 6.45) is 6.11. The van der Waals surface area contributed by atoms with Crippen molar-refractivity contribution in [3.8, 4) is 0 Å². The molecule has 0 radical (unpaired) electrons. The number of hydrogen-bond donors (Lipinski definition) is 1. The van der Waals surface area contributed by atoms with Crippen molar-refractivity contribution < 1.29 is 5.11 Å². The fourth-order valence-corrected chi connectivity index (χ4v) is 3.70. The normalized spacial score (nSPS) is 24.6. The Bertz CT molecular complexity index is 567. The monoisotopic (exact) mass is 307 g/mol. The van der Waals surface area contributed by atoms with Crippen LogP contribution in [0.1, 0.15) is 42.9 Å². The van der Waals surface area contributed by atoms with Gasteiger partial charge in [-0.2, -0.15) is 0 Å². The first-order valence-corrected chi connectivity index (χ1v) is 7.41. The van der Waals surface area contributed by atoms with Gasteiger partial charge in [-0.3, -0.25) is 0 Å². The van der Waals surface area contributed by atoms with Crippen LogP contribution in [0, 0.1) is 6.92 Å². The van der Waals surface area contributed by atoms with Gasteiger partial charge in [-0.25, -0.2) is 0 Å². The van der Waals surface area contributed by atoms with Gasteiger partial charge < -0.3 is 9.51 Å². The van der Waals surface area contributed by atoms with Gasteiger partial charge in [-0.1, -0.05) is 6.07 Å². The third-order valence-corrected chi connectivity index (χ3v) is 5.14. The van der Waals surface area contributed by atoms with E-state index in [0.717, 1.165) is 25.7 Å². The molecular formula is C15H18BrNO. The van der Waals surface area contributed by atoms with Crippen molar-refractivity contribution in [2.75, 3.05) is 0 Å². The molecule has 1 aliphatic rings. The van der Waals surface area contributed by atoms with Crippen LogP contribution < -0.4 is 0 Å². The standard InChI is InChI=1S/C15H18BrNO/c1-10-14(16)13-4-2-3-9-17(13)15(10)11-5-7-12(18)8-6-11/h2-4,9,11-12,18H,5-8H2,1H3. The number of aliphatic hydroxyl groups is 1. The van der Waals surface area contributed by atoms with Crippen molar-refractivity contribution in [2.45, 2.75) is 44.6 Å². The first-order chi connectivity index (χ1) is 8.68. The number of rotatable bonds is 1. The van der Waals surface area contributed by atoms with Gasteiger partial charge in [-0.15, -0.1) is 0 Å². The highest BCUT2D eigenvalue weighted by Gasteiger charge is 2.25. The molecule has 0 atom stereocenters. The maximum atomic E-state index is 9.65. The Hall–Kier alpha value is -0.800. The van der Waals surface area contributed by atoms with Gasteiger partial charge in [0.25, 0.3) is 0 Å². The molecule has 0 spiro atoms. The number of nitrogens with zero attached hydrogens (tertiary/aromatic N) is 1. The number of aliphatic hydroxyl groups excluding tert-OH is 1. The third kappa shape index (κ3) is 1.90. The maximum absolute atomic E-state index is 9.65. The Balaban J connectivity index is 2.08. The number of aromatic nitrogens is 1. The zero-order chi connectivity index (χ0) is 12.7. The highest BCUT2D eigenvalue weighted by molar-refractivity contribution is 9.10. The highest BCUT2D eigenvalue weighted by Crippen LogP contribution is 2.39. The van der Waals surface area contributed by atoms with Gasteiger partial charge >= 0.3 is 0 Å². The summed E-state index contributed by atoms with van der Waals surface area (Å²) in [5, 5.41) is 9.65. The van der Waals surface area contributed by atoms with Crippen molar-refractivity contribution in [3.63, 3.8) is 0 Å². The van der Waals surface area contributed by atoms with Crippen LogP contribution in [0.3, 0.4) is 0 Å². The Morgan fingerprint density at radius 2 is 1.94 bits per heavy atom. The number of hydrogen-bond acceptors (Lipinski definition) is 1. The van der Waals surface area contributed by atoms with Crippen LogP contribution in [0.15, 0.2) is 28.9 Å². The van der Waals surface area contributed by atoms with E-state index in [2.05, 4.69) is 51.7 Å². The van der Waals surface area contributed by atoms with Gasteiger partial charge in [0.1, 0.15) is 0 Å². The molecule has 1 fully saturated rings. The average Bonchev–Trinajstić information content (AvgIpc) is 2.64. The molecule has 1 saturated carbocycles. The van der Waals surface area contributed by atoms with Crippen LogP contribution in [0.2, 0.25) is 0 Å². The van der Waals surface area contributed by atoms with Crippen LogP contribution in [-0.2, 0) is 0 Å². The SMILES string of the molecule is Cc1c(Br)c2ccccn2c1C1CCC(O)CC1. The molecule has 0 aliphatic heterocycles. The third-order valence-electron chi connectivity index (χ3n) is 4.14. The Labute approximate surface area is 116 Å². The highest BCUT2D eigenvalue weighted by atomic mass is 79.9. The smallest absolute Gasteiger partial charge is 0.0597 e. The molecule has 1 aliphatic carbocycles. The van der Waals surface area contributed by atoms with E-state index in [4.69, 9.17) is 0 Å². The molecule has 3 rings (SSSR count). The summed E-state index contributed by atoms with van der Waals surface area (Å²) in [6, 6.07) is 6.31. The summed E-state index contributed by atoms with van der Waals surface area (Å²) in [7, 11) is 0. The van der Waals surface area contributed by atoms with Crippen LogP contribution in [-0.4, -0.2) is 15.6 Å². The minimum atomic E-state index is -0.0868.